The fourth-order valence-electron chi connectivity index (χ4n) is 2.42. The summed E-state index contributed by atoms with van der Waals surface area (Å²) in [7, 11) is 0. The molecule has 7 heteroatoms. The number of guanidine groups is 1. The predicted octanol–water partition coefficient (Wildman–Crippen LogP) is 3.36. The zero-order chi connectivity index (χ0) is 18.6. The molecule has 0 bridgehead atoms. The van der Waals surface area contributed by atoms with Gasteiger partial charge < -0.3 is 16.0 Å². The third kappa shape index (κ3) is 7.58. The van der Waals surface area contributed by atoms with Gasteiger partial charge >= 0.3 is 0 Å². The van der Waals surface area contributed by atoms with E-state index in [1.807, 2.05) is 17.5 Å². The SMILES string of the molecule is CCNC(=NCC(C)Cc1cccs1)NCCCNC(=O)c1cccs1. The molecule has 2 rings (SSSR count). The molecule has 1 atom stereocenters. The van der Waals surface area contributed by atoms with Gasteiger partial charge in [-0.1, -0.05) is 19.1 Å². The van der Waals surface area contributed by atoms with Crippen molar-refractivity contribution in [1.82, 2.24) is 16.0 Å². The molecule has 0 saturated heterocycles. The summed E-state index contributed by atoms with van der Waals surface area (Å²) >= 11 is 3.26. The first-order chi connectivity index (χ1) is 12.7. The van der Waals surface area contributed by atoms with Gasteiger partial charge in [0.1, 0.15) is 0 Å². The summed E-state index contributed by atoms with van der Waals surface area (Å²) in [6.07, 6.45) is 1.92. The first kappa shape index (κ1) is 20.5. The number of hydrogen-bond acceptors (Lipinski definition) is 4. The van der Waals surface area contributed by atoms with Crippen LogP contribution >= 0.6 is 22.7 Å². The number of carbonyl (C=O) groups is 1. The van der Waals surface area contributed by atoms with Crippen molar-refractivity contribution in [3.05, 3.63) is 44.8 Å². The number of amides is 1. The van der Waals surface area contributed by atoms with Crippen molar-refractivity contribution in [2.75, 3.05) is 26.2 Å². The van der Waals surface area contributed by atoms with E-state index < -0.39 is 0 Å². The smallest absolute Gasteiger partial charge is 0.261 e. The number of nitrogens with zero attached hydrogens (tertiary/aromatic N) is 1. The second-order valence-corrected chi connectivity index (χ2v) is 8.10. The number of nitrogens with one attached hydrogen (secondary N) is 3. The largest absolute Gasteiger partial charge is 0.357 e. The Hall–Kier alpha value is -1.86. The monoisotopic (exact) mass is 392 g/mol. The summed E-state index contributed by atoms with van der Waals surface area (Å²) in [6.45, 7) is 7.34. The molecule has 0 radical (unpaired) electrons. The van der Waals surface area contributed by atoms with Gasteiger partial charge in [0.25, 0.3) is 5.91 Å². The lowest BCUT2D eigenvalue weighted by molar-refractivity contribution is 0.0957. The highest BCUT2D eigenvalue weighted by Crippen LogP contribution is 2.14. The molecule has 1 unspecified atom stereocenters. The molecule has 0 aliphatic heterocycles. The highest BCUT2D eigenvalue weighted by molar-refractivity contribution is 7.12. The Morgan fingerprint density at radius 2 is 1.88 bits per heavy atom. The Morgan fingerprint density at radius 3 is 2.58 bits per heavy atom. The highest BCUT2D eigenvalue weighted by atomic mass is 32.1. The van der Waals surface area contributed by atoms with Crippen LogP contribution in [0.5, 0.6) is 0 Å². The lowest BCUT2D eigenvalue weighted by Gasteiger charge is -2.13. The number of carbonyl (C=O) groups excluding carboxylic acids is 1. The third-order valence-corrected chi connectivity index (χ3v) is 5.48. The minimum Gasteiger partial charge on any atom is -0.357 e. The van der Waals surface area contributed by atoms with E-state index in [9.17, 15) is 4.79 Å². The summed E-state index contributed by atoms with van der Waals surface area (Å²) in [5, 5.41) is 13.6. The molecule has 0 aromatic carbocycles. The second-order valence-electron chi connectivity index (χ2n) is 6.12. The molecule has 0 saturated carbocycles. The van der Waals surface area contributed by atoms with Gasteiger partial charge in [-0.05, 0) is 48.6 Å². The van der Waals surface area contributed by atoms with Gasteiger partial charge in [-0.3, -0.25) is 9.79 Å². The molecular formula is C19H28N4OS2. The van der Waals surface area contributed by atoms with Gasteiger partial charge in [-0.15, -0.1) is 22.7 Å². The van der Waals surface area contributed by atoms with Crippen molar-refractivity contribution in [2.24, 2.45) is 10.9 Å². The summed E-state index contributed by atoms with van der Waals surface area (Å²) in [5.41, 5.74) is 0. The Kier molecular flexibility index (Phi) is 9.20. The Morgan fingerprint density at radius 1 is 1.12 bits per heavy atom. The summed E-state index contributed by atoms with van der Waals surface area (Å²) < 4.78 is 0. The van der Waals surface area contributed by atoms with Crippen molar-refractivity contribution < 1.29 is 4.79 Å². The normalized spacial score (nSPS) is 12.6. The van der Waals surface area contributed by atoms with Crippen LogP contribution in [0.2, 0.25) is 0 Å². The molecule has 26 heavy (non-hydrogen) atoms. The first-order valence-corrected chi connectivity index (χ1v) is 10.8. The Balaban J connectivity index is 1.65. The fraction of sp³-hybridized carbons (Fsp3) is 0.474. The molecule has 2 aromatic heterocycles. The molecule has 3 N–H and O–H groups in total. The van der Waals surface area contributed by atoms with Crippen LogP contribution in [-0.2, 0) is 6.42 Å². The third-order valence-electron chi connectivity index (χ3n) is 3.71. The van der Waals surface area contributed by atoms with E-state index in [-0.39, 0.29) is 5.91 Å². The topological polar surface area (TPSA) is 65.5 Å². The van der Waals surface area contributed by atoms with Gasteiger partial charge in [0.05, 0.1) is 4.88 Å². The molecule has 0 aliphatic rings. The average molecular weight is 393 g/mol. The van der Waals surface area contributed by atoms with E-state index in [2.05, 4.69) is 52.3 Å². The first-order valence-electron chi connectivity index (χ1n) is 9.05. The lowest BCUT2D eigenvalue weighted by Crippen LogP contribution is -2.39. The quantitative estimate of drug-likeness (QED) is 0.330. The van der Waals surface area contributed by atoms with Crippen molar-refractivity contribution in [1.29, 1.82) is 0 Å². The van der Waals surface area contributed by atoms with Crippen LogP contribution in [0.25, 0.3) is 0 Å². The van der Waals surface area contributed by atoms with Crippen molar-refractivity contribution in [3.8, 4) is 0 Å². The summed E-state index contributed by atoms with van der Waals surface area (Å²) in [4.78, 5) is 18.7. The van der Waals surface area contributed by atoms with Gasteiger partial charge in [-0.2, -0.15) is 0 Å². The molecule has 5 nitrogen and oxygen atoms in total. The minimum absolute atomic E-state index is 0.00276. The van der Waals surface area contributed by atoms with Crippen LogP contribution in [0.3, 0.4) is 0 Å². The average Bonchev–Trinajstić information content (AvgIpc) is 3.32. The maximum Gasteiger partial charge on any atom is 0.261 e. The van der Waals surface area contributed by atoms with Crippen molar-refractivity contribution >= 4 is 34.5 Å². The van der Waals surface area contributed by atoms with Crippen LogP contribution in [-0.4, -0.2) is 38.0 Å². The minimum atomic E-state index is 0.00276. The molecule has 0 fully saturated rings. The summed E-state index contributed by atoms with van der Waals surface area (Å²) in [6, 6.07) is 8.00. The van der Waals surface area contributed by atoms with Crippen LogP contribution < -0.4 is 16.0 Å². The van der Waals surface area contributed by atoms with E-state index in [0.29, 0.717) is 12.5 Å². The molecule has 2 aromatic rings. The molecule has 142 valence electrons. The standard InChI is InChI=1S/C19H28N4OS2/c1-3-20-19(23-14-15(2)13-16-7-4-11-25-16)22-10-6-9-21-18(24)17-8-5-12-26-17/h4-5,7-8,11-12,15H,3,6,9-10,13-14H2,1-2H3,(H,21,24)(H2,20,22,23). The number of thiophene rings is 2. The van der Waals surface area contributed by atoms with Gasteiger partial charge in [-0.25, -0.2) is 0 Å². The van der Waals surface area contributed by atoms with E-state index in [1.165, 1.54) is 16.2 Å². The van der Waals surface area contributed by atoms with Crippen molar-refractivity contribution in [2.45, 2.75) is 26.7 Å². The molecular weight excluding hydrogens is 364 g/mol. The van der Waals surface area contributed by atoms with Crippen LogP contribution in [0.4, 0.5) is 0 Å². The fourth-order valence-corrected chi connectivity index (χ4v) is 3.93. The maximum absolute atomic E-state index is 11.9. The van der Waals surface area contributed by atoms with Gasteiger partial charge in [0, 0.05) is 31.1 Å². The molecule has 2 heterocycles. The predicted molar refractivity (Wildman–Crippen MR) is 112 cm³/mol. The molecule has 1 amide bonds. The lowest BCUT2D eigenvalue weighted by atomic mass is 10.1. The second kappa shape index (κ2) is 11.7. The van der Waals surface area contributed by atoms with E-state index in [4.69, 9.17) is 0 Å². The number of rotatable bonds is 10. The number of hydrogen-bond donors (Lipinski definition) is 3. The maximum atomic E-state index is 11.9. The Bertz CT molecular complexity index is 653. The molecule has 0 aliphatic carbocycles. The zero-order valence-electron chi connectivity index (χ0n) is 15.5. The highest BCUT2D eigenvalue weighted by Gasteiger charge is 2.06. The van der Waals surface area contributed by atoms with E-state index >= 15 is 0 Å². The van der Waals surface area contributed by atoms with Crippen LogP contribution in [0.15, 0.2) is 40.0 Å². The van der Waals surface area contributed by atoms with E-state index in [1.54, 1.807) is 11.3 Å². The number of aliphatic imine (C=N–C) groups is 1. The Labute approximate surface area is 163 Å². The zero-order valence-corrected chi connectivity index (χ0v) is 17.1. The van der Waals surface area contributed by atoms with Crippen LogP contribution in [0.1, 0.15) is 34.8 Å². The van der Waals surface area contributed by atoms with Gasteiger partial charge in [0.2, 0.25) is 0 Å². The van der Waals surface area contributed by atoms with E-state index in [0.717, 1.165) is 43.3 Å². The van der Waals surface area contributed by atoms with Crippen LogP contribution in [0, 0.1) is 5.92 Å². The molecule has 0 spiro atoms. The van der Waals surface area contributed by atoms with Crippen molar-refractivity contribution in [3.63, 3.8) is 0 Å². The van der Waals surface area contributed by atoms with Gasteiger partial charge in [0.15, 0.2) is 5.96 Å². The summed E-state index contributed by atoms with van der Waals surface area (Å²) in [5.74, 6) is 1.35.